The third-order valence-corrected chi connectivity index (χ3v) is 3.55. The lowest BCUT2D eigenvalue weighted by Crippen LogP contribution is -2.21. The average Bonchev–Trinajstić information content (AvgIpc) is 2.48. The Labute approximate surface area is 129 Å². The van der Waals surface area contributed by atoms with E-state index < -0.39 is 0 Å². The summed E-state index contributed by atoms with van der Waals surface area (Å²) in [4.78, 5) is 6.29. The molecule has 0 radical (unpaired) electrons. The molecule has 0 amide bonds. The van der Waals surface area contributed by atoms with Gasteiger partial charge in [-0.25, -0.2) is 4.39 Å². The molecule has 3 nitrogen and oxygen atoms in total. The summed E-state index contributed by atoms with van der Waals surface area (Å²) in [5.41, 5.74) is 7.93. The van der Waals surface area contributed by atoms with Gasteiger partial charge in [-0.3, -0.25) is 4.98 Å². The van der Waals surface area contributed by atoms with Gasteiger partial charge < -0.3 is 10.6 Å². The van der Waals surface area contributed by atoms with E-state index >= 15 is 0 Å². The second-order valence-electron chi connectivity index (χ2n) is 5.01. The molecule has 0 aliphatic heterocycles. The molecule has 0 aliphatic rings. The van der Waals surface area contributed by atoms with Crippen molar-refractivity contribution in [2.45, 2.75) is 13.0 Å². The predicted molar refractivity (Wildman–Crippen MR) is 86.6 cm³/mol. The number of hydrogen-bond donors (Lipinski definition) is 1. The van der Waals surface area contributed by atoms with Crippen LogP contribution in [-0.4, -0.2) is 28.5 Å². The molecule has 2 N–H and O–H groups in total. The average molecular weight is 303 g/mol. The minimum Gasteiger partial charge on any atom is -0.389 e. The lowest BCUT2D eigenvalue weighted by molar-refractivity contribution is 0.325. The van der Waals surface area contributed by atoms with Crippen molar-refractivity contribution in [3.63, 3.8) is 0 Å². The first-order valence-electron chi connectivity index (χ1n) is 6.72. The van der Waals surface area contributed by atoms with E-state index in [9.17, 15) is 4.39 Å². The van der Waals surface area contributed by atoms with Gasteiger partial charge in [0.25, 0.3) is 0 Å². The normalized spacial score (nSPS) is 10.8. The molecule has 0 bridgehead atoms. The first-order chi connectivity index (χ1) is 10.1. The summed E-state index contributed by atoms with van der Waals surface area (Å²) in [6.45, 7) is 1.40. The Morgan fingerprint density at radius 1 is 1.29 bits per heavy atom. The molecule has 5 heteroatoms. The van der Waals surface area contributed by atoms with Crippen molar-refractivity contribution in [1.82, 2.24) is 9.88 Å². The van der Waals surface area contributed by atoms with E-state index in [1.165, 1.54) is 11.6 Å². The largest absolute Gasteiger partial charge is 0.389 e. The Morgan fingerprint density at radius 2 is 2.00 bits per heavy atom. The lowest BCUT2D eigenvalue weighted by atomic mass is 10.1. The molecule has 0 saturated heterocycles. The van der Waals surface area contributed by atoms with Gasteiger partial charge in [0.05, 0.1) is 0 Å². The highest BCUT2D eigenvalue weighted by Crippen LogP contribution is 2.13. The van der Waals surface area contributed by atoms with Gasteiger partial charge in [0.2, 0.25) is 0 Å². The second-order valence-corrected chi connectivity index (χ2v) is 5.45. The predicted octanol–water partition coefficient (Wildman–Crippen LogP) is 2.53. The van der Waals surface area contributed by atoms with Gasteiger partial charge in [-0.05, 0) is 37.2 Å². The third-order valence-electron chi connectivity index (χ3n) is 3.31. The summed E-state index contributed by atoms with van der Waals surface area (Å²) >= 11 is 4.84. The van der Waals surface area contributed by atoms with Gasteiger partial charge >= 0.3 is 0 Å². The van der Waals surface area contributed by atoms with Crippen molar-refractivity contribution >= 4 is 17.2 Å². The summed E-state index contributed by atoms with van der Waals surface area (Å²) in [6.07, 6.45) is 4.47. The maximum atomic E-state index is 14.0. The highest BCUT2D eigenvalue weighted by molar-refractivity contribution is 7.80. The number of hydrogen-bond acceptors (Lipinski definition) is 3. The molecule has 1 heterocycles. The van der Waals surface area contributed by atoms with Gasteiger partial charge in [-0.1, -0.05) is 24.4 Å². The van der Waals surface area contributed by atoms with Crippen molar-refractivity contribution in [2.75, 3.05) is 13.6 Å². The van der Waals surface area contributed by atoms with Crippen molar-refractivity contribution in [1.29, 1.82) is 0 Å². The maximum absolute atomic E-state index is 14.0. The summed E-state index contributed by atoms with van der Waals surface area (Å²) < 4.78 is 14.0. The van der Waals surface area contributed by atoms with Gasteiger partial charge in [-0.2, -0.15) is 0 Å². The van der Waals surface area contributed by atoms with Gasteiger partial charge in [0.15, 0.2) is 0 Å². The fourth-order valence-corrected chi connectivity index (χ4v) is 2.20. The Morgan fingerprint density at radius 3 is 2.62 bits per heavy atom. The fraction of sp³-hybridized carbons (Fsp3) is 0.250. The number of pyridine rings is 1. The van der Waals surface area contributed by atoms with Crippen molar-refractivity contribution in [2.24, 2.45) is 5.73 Å². The molecule has 2 aromatic rings. The van der Waals surface area contributed by atoms with Crippen LogP contribution >= 0.6 is 12.2 Å². The van der Waals surface area contributed by atoms with Crippen LogP contribution in [0.1, 0.15) is 16.7 Å². The molecular weight excluding hydrogens is 285 g/mol. The molecule has 1 aromatic heterocycles. The van der Waals surface area contributed by atoms with Crippen LogP contribution in [0.25, 0.3) is 0 Å². The van der Waals surface area contributed by atoms with Crippen molar-refractivity contribution < 1.29 is 4.39 Å². The zero-order chi connectivity index (χ0) is 15.2. The summed E-state index contributed by atoms with van der Waals surface area (Å²) in [6, 6.07) is 8.88. The number of rotatable bonds is 6. The number of halogens is 1. The smallest absolute Gasteiger partial charge is 0.128 e. The lowest BCUT2D eigenvalue weighted by Gasteiger charge is -2.17. The highest BCUT2D eigenvalue weighted by Gasteiger charge is 2.08. The highest BCUT2D eigenvalue weighted by atomic mass is 32.1. The number of benzene rings is 1. The topological polar surface area (TPSA) is 42.2 Å². The molecule has 1 aromatic carbocycles. The third kappa shape index (κ3) is 4.58. The molecule has 0 saturated carbocycles. The summed E-state index contributed by atoms with van der Waals surface area (Å²) in [5.74, 6) is -0.268. The minimum atomic E-state index is -0.268. The Bertz CT molecular complexity index is 616. The summed E-state index contributed by atoms with van der Waals surface area (Å²) in [7, 11) is 1.97. The maximum Gasteiger partial charge on any atom is 0.128 e. The molecule has 2 rings (SSSR count). The molecule has 0 fully saturated rings. The number of nitrogens with two attached hydrogens (primary N) is 1. The van der Waals surface area contributed by atoms with Crippen LogP contribution < -0.4 is 5.73 Å². The Kier molecular flexibility index (Phi) is 5.36. The van der Waals surface area contributed by atoms with Gasteiger partial charge in [0, 0.05) is 36.6 Å². The standard InChI is InChI=1S/C16H18FN3S/c1-20(9-6-12-4-7-19-8-5-12)11-14-3-2-13(16(18)21)10-15(14)17/h2-5,7-8,10H,6,9,11H2,1H3,(H2,18,21). The van der Waals surface area contributed by atoms with Crippen molar-refractivity contribution in [3.8, 4) is 0 Å². The van der Waals surface area contributed by atoms with Crippen LogP contribution in [0.15, 0.2) is 42.7 Å². The van der Waals surface area contributed by atoms with E-state index in [2.05, 4.69) is 9.88 Å². The van der Waals surface area contributed by atoms with E-state index in [1.807, 2.05) is 19.2 Å². The first-order valence-corrected chi connectivity index (χ1v) is 7.13. The van der Waals surface area contributed by atoms with E-state index in [0.29, 0.717) is 17.7 Å². The van der Waals surface area contributed by atoms with E-state index in [1.54, 1.807) is 24.5 Å². The van der Waals surface area contributed by atoms with Gasteiger partial charge in [-0.15, -0.1) is 0 Å². The van der Waals surface area contributed by atoms with Crippen LogP contribution in [-0.2, 0) is 13.0 Å². The molecule has 0 spiro atoms. The van der Waals surface area contributed by atoms with Crippen LogP contribution in [0.2, 0.25) is 0 Å². The minimum absolute atomic E-state index is 0.214. The number of thiocarbonyl (C=S) groups is 1. The zero-order valence-corrected chi connectivity index (χ0v) is 12.7. The number of aromatic nitrogens is 1. The first kappa shape index (κ1) is 15.5. The van der Waals surface area contributed by atoms with Crippen LogP contribution in [0.5, 0.6) is 0 Å². The van der Waals surface area contributed by atoms with E-state index in [-0.39, 0.29) is 10.8 Å². The van der Waals surface area contributed by atoms with E-state index in [0.717, 1.165) is 13.0 Å². The van der Waals surface area contributed by atoms with Crippen LogP contribution in [0, 0.1) is 5.82 Å². The fourth-order valence-electron chi connectivity index (χ4n) is 2.07. The SMILES string of the molecule is CN(CCc1ccncc1)Cc1ccc(C(N)=S)cc1F. The molecule has 0 unspecified atom stereocenters. The zero-order valence-electron chi connectivity index (χ0n) is 11.9. The number of nitrogens with zero attached hydrogens (tertiary/aromatic N) is 2. The second kappa shape index (κ2) is 7.24. The number of likely N-dealkylation sites (N-methyl/N-ethyl adjacent to an activating group) is 1. The Balaban J connectivity index is 1.93. The van der Waals surface area contributed by atoms with Crippen molar-refractivity contribution in [3.05, 3.63) is 65.2 Å². The van der Waals surface area contributed by atoms with Crippen LogP contribution in [0.3, 0.4) is 0 Å². The van der Waals surface area contributed by atoms with Gasteiger partial charge in [0.1, 0.15) is 10.8 Å². The van der Waals surface area contributed by atoms with E-state index in [4.69, 9.17) is 18.0 Å². The molecular formula is C16H18FN3S. The Hall–Kier alpha value is -1.85. The monoisotopic (exact) mass is 303 g/mol. The molecule has 110 valence electrons. The molecule has 0 aliphatic carbocycles. The summed E-state index contributed by atoms with van der Waals surface area (Å²) in [5, 5.41) is 0. The van der Waals surface area contributed by atoms with Crippen LogP contribution in [0.4, 0.5) is 4.39 Å². The molecule has 21 heavy (non-hydrogen) atoms. The quantitative estimate of drug-likeness (QED) is 0.833. The molecule has 0 atom stereocenters.